The van der Waals surface area contributed by atoms with E-state index in [2.05, 4.69) is 15.8 Å². The van der Waals surface area contributed by atoms with Crippen molar-refractivity contribution in [3.8, 4) is 5.75 Å². The molecule has 0 radical (unpaired) electrons. The Labute approximate surface area is 173 Å². The number of hydrogen-bond acceptors (Lipinski definition) is 4. The lowest BCUT2D eigenvalue weighted by Gasteiger charge is -2.10. The Hall–Kier alpha value is -4.00. The van der Waals surface area contributed by atoms with E-state index >= 15 is 0 Å². The molecule has 0 bridgehead atoms. The van der Waals surface area contributed by atoms with Crippen molar-refractivity contribution >= 4 is 23.7 Å². The van der Waals surface area contributed by atoms with Crippen molar-refractivity contribution in [1.82, 2.24) is 5.43 Å². The fraction of sp³-hybridized carbons (Fsp3) is 0.0870. The number of para-hydroxylation sites is 1. The minimum absolute atomic E-state index is 0.110. The number of nitrogens with one attached hydrogen (secondary N) is 2. The van der Waals surface area contributed by atoms with Crippen molar-refractivity contribution in [2.75, 3.05) is 11.9 Å². The maximum Gasteiger partial charge on any atom is 0.273 e. The van der Waals surface area contributed by atoms with Crippen molar-refractivity contribution in [3.05, 3.63) is 95.3 Å². The summed E-state index contributed by atoms with van der Waals surface area (Å²) < 4.78 is 19.2. The molecule has 0 saturated heterocycles. The van der Waals surface area contributed by atoms with Crippen LogP contribution in [0, 0.1) is 5.82 Å². The van der Waals surface area contributed by atoms with Crippen LogP contribution in [0.1, 0.15) is 33.2 Å². The first-order valence-corrected chi connectivity index (χ1v) is 9.29. The van der Waals surface area contributed by atoms with E-state index in [4.69, 9.17) is 4.74 Å². The number of benzene rings is 3. The van der Waals surface area contributed by atoms with Crippen LogP contribution in [0.3, 0.4) is 0 Å². The maximum atomic E-state index is 13.8. The van der Waals surface area contributed by atoms with Crippen LogP contribution >= 0.6 is 0 Å². The number of amides is 2. The summed E-state index contributed by atoms with van der Waals surface area (Å²) in [6, 6.07) is 19.3. The highest BCUT2D eigenvalue weighted by atomic mass is 19.1. The summed E-state index contributed by atoms with van der Waals surface area (Å²) in [5.41, 5.74) is 3.54. The predicted octanol–water partition coefficient (Wildman–Crippen LogP) is 4.24. The third-order valence-electron chi connectivity index (χ3n) is 4.11. The minimum atomic E-state index is -0.647. The molecule has 0 aromatic heterocycles. The number of ether oxygens (including phenoxy) is 1. The fourth-order valence-electron chi connectivity index (χ4n) is 2.67. The highest BCUT2D eigenvalue weighted by molar-refractivity contribution is 6.09. The van der Waals surface area contributed by atoms with Gasteiger partial charge < -0.3 is 10.1 Å². The first-order valence-electron chi connectivity index (χ1n) is 9.29. The van der Waals surface area contributed by atoms with E-state index in [1.807, 2.05) is 19.1 Å². The lowest BCUT2D eigenvalue weighted by atomic mass is 10.1. The Morgan fingerprint density at radius 2 is 1.60 bits per heavy atom. The summed E-state index contributed by atoms with van der Waals surface area (Å²) in [4.78, 5) is 24.9. The molecule has 0 atom stereocenters. The standard InChI is InChI=1S/C23H20FN3O3/c1-2-30-17-13-11-16(12-14-17)15-25-27-23(29)19-8-4-6-10-21(19)26-22(28)18-7-3-5-9-20(18)24/h3-15H,2H2,1H3,(H,26,28)(H,27,29). The topological polar surface area (TPSA) is 79.8 Å². The van der Waals surface area contributed by atoms with E-state index in [1.54, 1.807) is 42.5 Å². The quantitative estimate of drug-likeness (QED) is 0.456. The zero-order valence-corrected chi connectivity index (χ0v) is 16.3. The Morgan fingerprint density at radius 1 is 0.933 bits per heavy atom. The molecule has 3 aromatic carbocycles. The van der Waals surface area contributed by atoms with Crippen LogP contribution in [0.5, 0.6) is 5.75 Å². The Bertz CT molecular complexity index is 1070. The van der Waals surface area contributed by atoms with Gasteiger partial charge in [-0.3, -0.25) is 9.59 Å². The van der Waals surface area contributed by atoms with Gasteiger partial charge in [0.05, 0.1) is 29.6 Å². The summed E-state index contributed by atoms with van der Waals surface area (Å²) in [6.45, 7) is 2.48. The van der Waals surface area contributed by atoms with Gasteiger partial charge in [0.25, 0.3) is 11.8 Å². The summed E-state index contributed by atoms with van der Waals surface area (Å²) in [5.74, 6) is -1.05. The van der Waals surface area contributed by atoms with E-state index in [9.17, 15) is 14.0 Å². The summed E-state index contributed by atoms with van der Waals surface area (Å²) in [6.07, 6.45) is 1.49. The van der Waals surface area contributed by atoms with E-state index in [-0.39, 0.29) is 16.8 Å². The number of carbonyl (C=O) groups is 2. The zero-order valence-electron chi connectivity index (χ0n) is 16.3. The Morgan fingerprint density at radius 3 is 2.30 bits per heavy atom. The summed E-state index contributed by atoms with van der Waals surface area (Å²) in [7, 11) is 0. The molecule has 30 heavy (non-hydrogen) atoms. The molecule has 2 amide bonds. The monoisotopic (exact) mass is 405 g/mol. The second-order valence-corrected chi connectivity index (χ2v) is 6.18. The number of anilines is 1. The molecule has 0 aliphatic heterocycles. The van der Waals surface area contributed by atoms with Crippen LogP contribution < -0.4 is 15.5 Å². The van der Waals surface area contributed by atoms with Crippen molar-refractivity contribution in [3.63, 3.8) is 0 Å². The van der Waals surface area contributed by atoms with Crippen molar-refractivity contribution in [1.29, 1.82) is 0 Å². The number of hydrazone groups is 1. The van der Waals surface area contributed by atoms with Gasteiger partial charge in [0, 0.05) is 0 Å². The first-order chi connectivity index (χ1) is 14.6. The zero-order chi connectivity index (χ0) is 21.3. The third kappa shape index (κ3) is 5.29. The van der Waals surface area contributed by atoms with Crippen molar-refractivity contribution in [2.45, 2.75) is 6.92 Å². The molecule has 6 nitrogen and oxygen atoms in total. The Kier molecular flexibility index (Phi) is 6.89. The first kappa shape index (κ1) is 20.7. The van der Waals surface area contributed by atoms with Crippen LogP contribution in [0.15, 0.2) is 77.9 Å². The van der Waals surface area contributed by atoms with Gasteiger partial charge in [-0.05, 0) is 61.0 Å². The molecule has 3 rings (SSSR count). The molecule has 7 heteroatoms. The molecule has 0 aliphatic rings. The maximum absolute atomic E-state index is 13.8. The minimum Gasteiger partial charge on any atom is -0.494 e. The molecular weight excluding hydrogens is 385 g/mol. The van der Waals surface area contributed by atoms with Crippen LogP contribution in [0.25, 0.3) is 0 Å². The van der Waals surface area contributed by atoms with Crippen molar-refractivity contribution < 1.29 is 18.7 Å². The van der Waals surface area contributed by atoms with E-state index in [1.165, 1.54) is 24.4 Å². The van der Waals surface area contributed by atoms with Crippen LogP contribution in [0.2, 0.25) is 0 Å². The SMILES string of the molecule is CCOc1ccc(C=NNC(=O)c2ccccc2NC(=O)c2ccccc2F)cc1. The van der Waals surface area contributed by atoms with E-state index in [0.29, 0.717) is 6.61 Å². The lowest BCUT2D eigenvalue weighted by molar-refractivity contribution is 0.0956. The molecule has 0 fully saturated rings. The Balaban J connectivity index is 1.68. The van der Waals surface area contributed by atoms with Gasteiger partial charge in [-0.1, -0.05) is 24.3 Å². The van der Waals surface area contributed by atoms with Crippen LogP contribution in [0.4, 0.5) is 10.1 Å². The number of halogens is 1. The molecule has 152 valence electrons. The number of hydrogen-bond donors (Lipinski definition) is 2. The molecule has 0 spiro atoms. The largest absolute Gasteiger partial charge is 0.494 e. The number of carbonyl (C=O) groups excluding carboxylic acids is 2. The van der Waals surface area contributed by atoms with Gasteiger partial charge in [-0.25, -0.2) is 9.82 Å². The average molecular weight is 405 g/mol. The van der Waals surface area contributed by atoms with Gasteiger partial charge in [-0.15, -0.1) is 0 Å². The van der Waals surface area contributed by atoms with E-state index < -0.39 is 17.6 Å². The lowest BCUT2D eigenvalue weighted by Crippen LogP contribution is -2.21. The van der Waals surface area contributed by atoms with Gasteiger partial charge >= 0.3 is 0 Å². The van der Waals surface area contributed by atoms with Gasteiger partial charge in [0.15, 0.2) is 0 Å². The van der Waals surface area contributed by atoms with Gasteiger partial charge in [0.2, 0.25) is 0 Å². The van der Waals surface area contributed by atoms with Gasteiger partial charge in [0.1, 0.15) is 11.6 Å². The van der Waals surface area contributed by atoms with Crippen LogP contribution in [-0.4, -0.2) is 24.6 Å². The molecule has 0 aliphatic carbocycles. The molecule has 2 N–H and O–H groups in total. The molecule has 0 saturated carbocycles. The summed E-state index contributed by atoms with van der Waals surface area (Å²) in [5, 5.41) is 6.52. The molecular formula is C23H20FN3O3. The molecule has 3 aromatic rings. The number of rotatable bonds is 7. The average Bonchev–Trinajstić information content (AvgIpc) is 2.76. The summed E-state index contributed by atoms with van der Waals surface area (Å²) >= 11 is 0. The van der Waals surface area contributed by atoms with E-state index in [0.717, 1.165) is 11.3 Å². The molecule has 0 heterocycles. The van der Waals surface area contributed by atoms with Crippen molar-refractivity contribution in [2.24, 2.45) is 5.10 Å². The number of nitrogens with zero attached hydrogens (tertiary/aromatic N) is 1. The highest BCUT2D eigenvalue weighted by Crippen LogP contribution is 2.17. The second kappa shape index (κ2) is 9.97. The highest BCUT2D eigenvalue weighted by Gasteiger charge is 2.15. The third-order valence-corrected chi connectivity index (χ3v) is 4.11. The molecule has 0 unspecified atom stereocenters. The fourth-order valence-corrected chi connectivity index (χ4v) is 2.67. The second-order valence-electron chi connectivity index (χ2n) is 6.18. The normalized spacial score (nSPS) is 10.6. The van der Waals surface area contributed by atoms with Crippen LogP contribution in [-0.2, 0) is 0 Å². The van der Waals surface area contributed by atoms with Gasteiger partial charge in [-0.2, -0.15) is 5.10 Å². The smallest absolute Gasteiger partial charge is 0.273 e. The predicted molar refractivity (Wildman–Crippen MR) is 113 cm³/mol.